The first-order valence-corrected chi connectivity index (χ1v) is 10.6. The maximum Gasteiger partial charge on any atom is 0.432 e. The number of nitriles is 1. The van der Waals surface area contributed by atoms with E-state index in [1.165, 1.54) is 6.07 Å². The van der Waals surface area contributed by atoms with Crippen LogP contribution in [0.25, 0.3) is 0 Å². The summed E-state index contributed by atoms with van der Waals surface area (Å²) in [4.78, 5) is 0. The van der Waals surface area contributed by atoms with Crippen molar-refractivity contribution in [1.82, 2.24) is 0 Å². The number of alkyl halides is 2. The summed E-state index contributed by atoms with van der Waals surface area (Å²) in [5.41, 5.74) is -2.37. The zero-order valence-electron chi connectivity index (χ0n) is 17.5. The highest BCUT2D eigenvalue weighted by molar-refractivity contribution is 5.38. The van der Waals surface area contributed by atoms with Crippen molar-refractivity contribution in [2.24, 2.45) is 11.8 Å². The SMILES string of the molecule is CCC1CCC(CCc2cc(F)c(C(F)(F)Oc3cc(F)c(C#N)c(F)c3)c(F)c2)CC1. The Hall–Kier alpha value is -2.69. The second-order valence-corrected chi connectivity index (χ2v) is 8.26. The van der Waals surface area contributed by atoms with Crippen LogP contribution in [0.1, 0.15) is 62.1 Å². The van der Waals surface area contributed by atoms with E-state index in [0.29, 0.717) is 30.9 Å². The van der Waals surface area contributed by atoms with Crippen LogP contribution >= 0.6 is 0 Å². The predicted molar refractivity (Wildman–Crippen MR) is 106 cm³/mol. The number of aryl methyl sites for hydroxylation is 1. The molecule has 0 heterocycles. The van der Waals surface area contributed by atoms with E-state index in [1.54, 1.807) is 0 Å². The van der Waals surface area contributed by atoms with E-state index in [2.05, 4.69) is 11.7 Å². The lowest BCUT2D eigenvalue weighted by molar-refractivity contribution is -0.189. The zero-order chi connectivity index (χ0) is 23.5. The molecule has 2 aromatic carbocycles. The number of rotatable bonds is 7. The number of hydrogen-bond acceptors (Lipinski definition) is 2. The summed E-state index contributed by atoms with van der Waals surface area (Å²) in [6, 6.07) is 3.63. The van der Waals surface area contributed by atoms with E-state index in [9.17, 15) is 26.3 Å². The highest BCUT2D eigenvalue weighted by Gasteiger charge is 2.41. The van der Waals surface area contributed by atoms with Crippen LogP contribution in [0.2, 0.25) is 0 Å². The lowest BCUT2D eigenvalue weighted by atomic mass is 9.78. The van der Waals surface area contributed by atoms with Crippen molar-refractivity contribution in [2.75, 3.05) is 0 Å². The molecule has 1 fully saturated rings. The molecule has 0 amide bonds. The highest BCUT2D eigenvalue weighted by atomic mass is 19.3. The number of halogens is 6. The Bertz CT molecular complexity index is 962. The summed E-state index contributed by atoms with van der Waals surface area (Å²) in [6.07, 6.45) is 2.03. The van der Waals surface area contributed by atoms with Gasteiger partial charge in [-0.25, -0.2) is 17.6 Å². The first kappa shape index (κ1) is 24.0. The van der Waals surface area contributed by atoms with Crippen LogP contribution < -0.4 is 4.74 Å². The van der Waals surface area contributed by atoms with Gasteiger partial charge in [0.25, 0.3) is 0 Å². The van der Waals surface area contributed by atoms with Crippen molar-refractivity contribution in [2.45, 2.75) is 58.0 Å². The molecule has 2 aromatic rings. The Labute approximate surface area is 182 Å². The molecule has 8 heteroatoms. The van der Waals surface area contributed by atoms with Crippen molar-refractivity contribution >= 4 is 0 Å². The Morgan fingerprint density at radius 1 is 0.906 bits per heavy atom. The van der Waals surface area contributed by atoms with E-state index in [1.807, 2.05) is 0 Å². The van der Waals surface area contributed by atoms with Gasteiger partial charge >= 0.3 is 6.11 Å². The topological polar surface area (TPSA) is 33.0 Å². The molecule has 0 aliphatic heterocycles. The Morgan fingerprint density at radius 3 is 1.94 bits per heavy atom. The molecule has 1 aliphatic carbocycles. The molecule has 0 spiro atoms. The third-order valence-electron chi connectivity index (χ3n) is 6.15. The van der Waals surface area contributed by atoms with Gasteiger partial charge in [0.05, 0.1) is 0 Å². The summed E-state index contributed by atoms with van der Waals surface area (Å²) in [5.74, 6) is -5.71. The van der Waals surface area contributed by atoms with Gasteiger partial charge in [0.15, 0.2) is 0 Å². The van der Waals surface area contributed by atoms with Crippen molar-refractivity contribution in [3.63, 3.8) is 0 Å². The van der Waals surface area contributed by atoms with Crippen LogP contribution in [0.3, 0.4) is 0 Å². The molecule has 0 atom stereocenters. The quantitative estimate of drug-likeness (QED) is 0.408. The van der Waals surface area contributed by atoms with E-state index >= 15 is 0 Å². The number of benzene rings is 2. The molecule has 32 heavy (non-hydrogen) atoms. The Morgan fingerprint density at radius 2 is 1.44 bits per heavy atom. The summed E-state index contributed by atoms with van der Waals surface area (Å²) in [5, 5.41) is 8.63. The van der Waals surface area contributed by atoms with Crippen LogP contribution in [0, 0.1) is 46.4 Å². The molecule has 2 nitrogen and oxygen atoms in total. The monoisotopic (exact) mass is 455 g/mol. The second-order valence-electron chi connectivity index (χ2n) is 8.26. The fourth-order valence-corrected chi connectivity index (χ4v) is 4.26. The van der Waals surface area contributed by atoms with Crippen LogP contribution in [-0.4, -0.2) is 0 Å². The molecule has 0 aromatic heterocycles. The van der Waals surface area contributed by atoms with E-state index in [-0.39, 0.29) is 5.56 Å². The van der Waals surface area contributed by atoms with Crippen molar-refractivity contribution in [3.05, 3.63) is 64.2 Å². The lowest BCUT2D eigenvalue weighted by Gasteiger charge is -2.27. The molecule has 1 aliphatic rings. The molecular weight excluding hydrogens is 432 g/mol. The van der Waals surface area contributed by atoms with Gasteiger partial charge in [-0.15, -0.1) is 0 Å². The minimum Gasteiger partial charge on any atom is -0.429 e. The van der Waals surface area contributed by atoms with E-state index < -0.39 is 46.3 Å². The third-order valence-corrected chi connectivity index (χ3v) is 6.15. The maximum atomic E-state index is 14.5. The standard InChI is InChI=1S/C24H23F6NO/c1-2-14-3-5-15(6-4-14)7-8-16-9-21(27)23(22(28)10-16)24(29,30)32-17-11-19(25)18(13-31)20(26)12-17/h9-12,14-15H,2-8H2,1H3. The average molecular weight is 455 g/mol. The first-order valence-electron chi connectivity index (χ1n) is 10.6. The van der Waals surface area contributed by atoms with Gasteiger partial charge in [-0.1, -0.05) is 39.0 Å². The van der Waals surface area contributed by atoms with Gasteiger partial charge < -0.3 is 4.74 Å². The molecule has 0 unspecified atom stereocenters. The average Bonchev–Trinajstić information content (AvgIpc) is 2.71. The Kier molecular flexibility index (Phi) is 7.37. The summed E-state index contributed by atoms with van der Waals surface area (Å²) in [6.45, 7) is 2.16. The van der Waals surface area contributed by atoms with Crippen LogP contribution in [0.5, 0.6) is 5.75 Å². The highest BCUT2D eigenvalue weighted by Crippen LogP contribution is 2.37. The molecule has 0 saturated heterocycles. The zero-order valence-corrected chi connectivity index (χ0v) is 17.5. The van der Waals surface area contributed by atoms with Gasteiger partial charge in [0.1, 0.15) is 46.2 Å². The summed E-state index contributed by atoms with van der Waals surface area (Å²) >= 11 is 0. The normalized spacial score (nSPS) is 18.9. The second kappa shape index (κ2) is 9.85. The molecule has 0 bridgehead atoms. The number of nitrogens with zero attached hydrogens (tertiary/aromatic N) is 1. The fourth-order valence-electron chi connectivity index (χ4n) is 4.26. The smallest absolute Gasteiger partial charge is 0.429 e. The minimum atomic E-state index is -4.53. The van der Waals surface area contributed by atoms with Crippen LogP contribution in [-0.2, 0) is 12.5 Å². The minimum absolute atomic E-state index is 0.257. The molecule has 1 saturated carbocycles. The molecular formula is C24H23F6NO. The molecule has 0 N–H and O–H groups in total. The van der Waals surface area contributed by atoms with Crippen molar-refractivity contribution in [1.29, 1.82) is 5.26 Å². The lowest BCUT2D eigenvalue weighted by Crippen LogP contribution is -2.25. The maximum absolute atomic E-state index is 14.5. The van der Waals surface area contributed by atoms with Crippen molar-refractivity contribution in [3.8, 4) is 11.8 Å². The van der Waals surface area contributed by atoms with Crippen molar-refractivity contribution < 1.29 is 31.1 Å². The van der Waals surface area contributed by atoms with Gasteiger partial charge in [-0.2, -0.15) is 14.0 Å². The third kappa shape index (κ3) is 5.37. The molecule has 3 rings (SSSR count). The summed E-state index contributed by atoms with van der Waals surface area (Å²) < 4.78 is 89.4. The van der Waals surface area contributed by atoms with Gasteiger partial charge in [0.2, 0.25) is 0 Å². The van der Waals surface area contributed by atoms with Gasteiger partial charge in [-0.3, -0.25) is 0 Å². The van der Waals surface area contributed by atoms with Crippen LogP contribution in [0.15, 0.2) is 24.3 Å². The molecule has 0 radical (unpaired) electrons. The van der Waals surface area contributed by atoms with Gasteiger partial charge in [0, 0.05) is 12.1 Å². The number of hydrogen-bond donors (Lipinski definition) is 0. The molecule has 172 valence electrons. The predicted octanol–water partition coefficient (Wildman–Crippen LogP) is 7.39. The largest absolute Gasteiger partial charge is 0.432 e. The van der Waals surface area contributed by atoms with Crippen LogP contribution in [0.4, 0.5) is 26.3 Å². The Balaban J connectivity index is 1.73. The van der Waals surface area contributed by atoms with E-state index in [0.717, 1.165) is 50.2 Å². The first-order chi connectivity index (χ1) is 15.1. The number of ether oxygens (including phenoxy) is 1. The van der Waals surface area contributed by atoms with E-state index in [4.69, 9.17) is 5.26 Å². The fraction of sp³-hybridized carbons (Fsp3) is 0.458. The summed E-state index contributed by atoms with van der Waals surface area (Å²) in [7, 11) is 0. The van der Waals surface area contributed by atoms with Gasteiger partial charge in [-0.05, 0) is 42.4 Å².